The number of likely N-dealkylation sites (N-methyl/N-ethyl adjacent to an activating group) is 1. The number of nitrogens with zero attached hydrogens (tertiary/aromatic N) is 1. The van der Waals surface area contributed by atoms with Crippen molar-refractivity contribution in [1.82, 2.24) is 10.2 Å². The number of nitrogens with two attached hydrogens (primary N) is 1. The highest BCUT2D eigenvalue weighted by Gasteiger charge is 2.18. The normalized spacial score (nSPS) is 22.2. The number of morpholine rings is 1. The van der Waals surface area contributed by atoms with E-state index < -0.39 is 0 Å². The molecule has 1 saturated heterocycles. The van der Waals surface area contributed by atoms with E-state index in [2.05, 4.69) is 24.2 Å². The van der Waals surface area contributed by atoms with Crippen molar-refractivity contribution in [3.8, 4) is 0 Å². The second-order valence-corrected chi connectivity index (χ2v) is 5.45. The number of rotatable bonds is 8. The summed E-state index contributed by atoms with van der Waals surface area (Å²) >= 11 is 0. The highest BCUT2D eigenvalue weighted by Crippen LogP contribution is 2.14. The van der Waals surface area contributed by atoms with Crippen LogP contribution in [0.25, 0.3) is 0 Å². The number of hydrogen-bond donors (Lipinski definition) is 2. The predicted molar refractivity (Wildman–Crippen MR) is 76.9 cm³/mol. The third kappa shape index (κ3) is 6.89. The minimum absolute atomic E-state index is 0.132. The van der Waals surface area contributed by atoms with E-state index in [1.165, 1.54) is 0 Å². The Hall–Kier alpha value is -0.650. The van der Waals surface area contributed by atoms with Gasteiger partial charge in [-0.2, -0.15) is 0 Å². The van der Waals surface area contributed by atoms with Gasteiger partial charge >= 0.3 is 0 Å². The predicted octanol–water partition coefficient (Wildman–Crippen LogP) is 0.588. The maximum atomic E-state index is 11.8. The molecule has 2 atom stereocenters. The molecule has 19 heavy (non-hydrogen) atoms. The number of carbonyl (C=O) groups is 1. The molecule has 0 radical (unpaired) electrons. The molecule has 1 aliphatic heterocycles. The van der Waals surface area contributed by atoms with E-state index in [9.17, 15) is 4.79 Å². The Morgan fingerprint density at radius 3 is 2.95 bits per heavy atom. The lowest BCUT2D eigenvalue weighted by atomic mass is 9.96. The largest absolute Gasteiger partial charge is 0.374 e. The zero-order valence-electron chi connectivity index (χ0n) is 12.4. The van der Waals surface area contributed by atoms with E-state index in [1.54, 1.807) is 0 Å². The van der Waals surface area contributed by atoms with Crippen molar-refractivity contribution >= 4 is 5.91 Å². The molecular formula is C14H29N3O2. The maximum absolute atomic E-state index is 11.8. The van der Waals surface area contributed by atoms with Gasteiger partial charge in [-0.05, 0) is 32.4 Å². The molecule has 0 aromatic heterocycles. The average Bonchev–Trinajstić information content (AvgIpc) is 2.41. The van der Waals surface area contributed by atoms with E-state index in [-0.39, 0.29) is 12.0 Å². The Morgan fingerprint density at radius 2 is 2.32 bits per heavy atom. The third-order valence-electron chi connectivity index (χ3n) is 3.80. The Morgan fingerprint density at radius 1 is 1.53 bits per heavy atom. The summed E-state index contributed by atoms with van der Waals surface area (Å²) in [7, 11) is 2.08. The first-order valence-corrected chi connectivity index (χ1v) is 7.42. The SMILES string of the molecule is CCC(CCN)CCC(=O)NCC1CN(C)CCO1. The number of ether oxygens (including phenoxy) is 1. The average molecular weight is 271 g/mol. The van der Waals surface area contributed by atoms with Crippen LogP contribution in [0.15, 0.2) is 0 Å². The van der Waals surface area contributed by atoms with Crippen LogP contribution in [0.3, 0.4) is 0 Å². The van der Waals surface area contributed by atoms with Gasteiger partial charge in [-0.3, -0.25) is 4.79 Å². The van der Waals surface area contributed by atoms with E-state index >= 15 is 0 Å². The summed E-state index contributed by atoms with van der Waals surface area (Å²) in [5.41, 5.74) is 5.56. The summed E-state index contributed by atoms with van der Waals surface area (Å²) in [6.45, 7) is 6.11. The molecule has 3 N–H and O–H groups in total. The molecule has 1 heterocycles. The van der Waals surface area contributed by atoms with Crippen LogP contribution in [0.5, 0.6) is 0 Å². The lowest BCUT2D eigenvalue weighted by Gasteiger charge is -2.30. The molecule has 0 saturated carbocycles. The van der Waals surface area contributed by atoms with Crippen LogP contribution in [0.1, 0.15) is 32.6 Å². The summed E-state index contributed by atoms with van der Waals surface area (Å²) < 4.78 is 5.61. The molecule has 0 bridgehead atoms. The van der Waals surface area contributed by atoms with Crippen molar-refractivity contribution in [2.75, 3.05) is 39.8 Å². The highest BCUT2D eigenvalue weighted by atomic mass is 16.5. The molecule has 1 rings (SSSR count). The van der Waals surface area contributed by atoms with Crippen molar-refractivity contribution in [2.45, 2.75) is 38.7 Å². The van der Waals surface area contributed by atoms with E-state index in [1.807, 2.05) is 0 Å². The van der Waals surface area contributed by atoms with Gasteiger partial charge < -0.3 is 20.7 Å². The lowest BCUT2D eigenvalue weighted by Crippen LogP contribution is -2.45. The van der Waals surface area contributed by atoms with Crippen molar-refractivity contribution in [3.63, 3.8) is 0 Å². The zero-order valence-corrected chi connectivity index (χ0v) is 12.4. The minimum atomic E-state index is 0.132. The monoisotopic (exact) mass is 271 g/mol. The maximum Gasteiger partial charge on any atom is 0.220 e. The molecule has 5 heteroatoms. The molecule has 112 valence electrons. The topological polar surface area (TPSA) is 67.6 Å². The lowest BCUT2D eigenvalue weighted by molar-refractivity contribution is -0.122. The molecule has 1 amide bonds. The van der Waals surface area contributed by atoms with Crippen LogP contribution in [0.4, 0.5) is 0 Å². The molecule has 0 aromatic rings. The van der Waals surface area contributed by atoms with Crippen LogP contribution in [-0.2, 0) is 9.53 Å². The molecular weight excluding hydrogens is 242 g/mol. The van der Waals surface area contributed by atoms with Gasteiger partial charge in [-0.25, -0.2) is 0 Å². The molecule has 1 aliphatic rings. The molecule has 0 aliphatic carbocycles. The molecule has 1 fully saturated rings. The highest BCUT2D eigenvalue weighted by molar-refractivity contribution is 5.75. The van der Waals surface area contributed by atoms with Crippen LogP contribution in [0, 0.1) is 5.92 Å². The van der Waals surface area contributed by atoms with Gasteiger partial charge in [0.15, 0.2) is 0 Å². The summed E-state index contributed by atoms with van der Waals surface area (Å²) in [5.74, 6) is 0.708. The van der Waals surface area contributed by atoms with Gasteiger partial charge in [0.05, 0.1) is 12.7 Å². The Kier molecular flexibility index (Phi) is 8.02. The van der Waals surface area contributed by atoms with Gasteiger partial charge in [0.25, 0.3) is 0 Å². The first kappa shape index (κ1) is 16.4. The van der Waals surface area contributed by atoms with Crippen molar-refractivity contribution in [1.29, 1.82) is 0 Å². The van der Waals surface area contributed by atoms with Crippen molar-refractivity contribution in [2.24, 2.45) is 11.7 Å². The van der Waals surface area contributed by atoms with Gasteiger partial charge in [0, 0.05) is 26.1 Å². The summed E-state index contributed by atoms with van der Waals surface area (Å²) in [6, 6.07) is 0. The fourth-order valence-corrected chi connectivity index (χ4v) is 2.43. The Bertz CT molecular complexity index is 261. The number of carbonyl (C=O) groups excluding carboxylic acids is 1. The molecule has 0 spiro atoms. The number of hydrogen-bond acceptors (Lipinski definition) is 4. The fraction of sp³-hybridized carbons (Fsp3) is 0.929. The second kappa shape index (κ2) is 9.28. The van der Waals surface area contributed by atoms with Crippen LogP contribution in [0.2, 0.25) is 0 Å². The standard InChI is InChI=1S/C14H29N3O2/c1-3-12(6-7-15)4-5-14(18)16-10-13-11-17(2)8-9-19-13/h12-13H,3-11,15H2,1-2H3,(H,16,18). The van der Waals surface area contributed by atoms with Crippen molar-refractivity contribution < 1.29 is 9.53 Å². The van der Waals surface area contributed by atoms with E-state index in [4.69, 9.17) is 10.5 Å². The number of nitrogens with one attached hydrogen (secondary N) is 1. The second-order valence-electron chi connectivity index (χ2n) is 5.45. The van der Waals surface area contributed by atoms with Gasteiger partial charge in [-0.1, -0.05) is 13.3 Å². The zero-order chi connectivity index (χ0) is 14.1. The molecule has 0 aromatic carbocycles. The fourth-order valence-electron chi connectivity index (χ4n) is 2.43. The van der Waals surface area contributed by atoms with Gasteiger partial charge in [-0.15, -0.1) is 0 Å². The summed E-state index contributed by atoms with van der Waals surface area (Å²) in [5, 5.41) is 2.97. The van der Waals surface area contributed by atoms with Crippen molar-refractivity contribution in [3.05, 3.63) is 0 Å². The van der Waals surface area contributed by atoms with E-state index in [0.29, 0.717) is 25.4 Å². The first-order chi connectivity index (χ1) is 9.15. The van der Waals surface area contributed by atoms with Crippen LogP contribution < -0.4 is 11.1 Å². The van der Waals surface area contributed by atoms with Gasteiger partial charge in [0.2, 0.25) is 5.91 Å². The minimum Gasteiger partial charge on any atom is -0.374 e. The quantitative estimate of drug-likeness (QED) is 0.678. The third-order valence-corrected chi connectivity index (χ3v) is 3.80. The smallest absolute Gasteiger partial charge is 0.220 e. The van der Waals surface area contributed by atoms with E-state index in [0.717, 1.165) is 39.0 Å². The van der Waals surface area contributed by atoms with Crippen LogP contribution >= 0.6 is 0 Å². The summed E-state index contributed by atoms with van der Waals surface area (Å²) in [6.07, 6.45) is 3.78. The summed E-state index contributed by atoms with van der Waals surface area (Å²) in [4.78, 5) is 14.0. The Balaban J connectivity index is 2.13. The first-order valence-electron chi connectivity index (χ1n) is 7.42. The number of amides is 1. The van der Waals surface area contributed by atoms with Gasteiger partial charge in [0.1, 0.15) is 0 Å². The molecule has 2 unspecified atom stereocenters. The molecule has 5 nitrogen and oxygen atoms in total. The van der Waals surface area contributed by atoms with Crippen LogP contribution in [-0.4, -0.2) is 56.7 Å². The Labute approximate surface area is 116 Å².